The van der Waals surface area contributed by atoms with Crippen molar-refractivity contribution in [2.45, 2.75) is 44.6 Å². The van der Waals surface area contributed by atoms with Crippen molar-refractivity contribution in [3.05, 3.63) is 29.7 Å². The number of hydrogen-bond acceptors (Lipinski definition) is 5. The highest BCUT2D eigenvalue weighted by Gasteiger charge is 2.45. The SMILES string of the molecule is Cc1cc(NC(=O)[C@@H]2C[C@@H]3[C@@H](CCN3Cc3cnn(C)c3)O2)n(C)n1. The van der Waals surface area contributed by atoms with Crippen LogP contribution in [0.25, 0.3) is 0 Å². The van der Waals surface area contributed by atoms with Crippen molar-refractivity contribution in [1.82, 2.24) is 24.5 Å². The van der Waals surface area contributed by atoms with E-state index in [9.17, 15) is 4.79 Å². The molecule has 2 aliphatic heterocycles. The molecule has 0 aromatic carbocycles. The molecule has 4 rings (SSSR count). The van der Waals surface area contributed by atoms with E-state index >= 15 is 0 Å². The third-order valence-electron chi connectivity index (χ3n) is 5.08. The van der Waals surface area contributed by atoms with Crippen LogP contribution in [0.3, 0.4) is 0 Å². The minimum Gasteiger partial charge on any atom is -0.363 e. The number of nitrogens with zero attached hydrogens (tertiary/aromatic N) is 5. The Kier molecular flexibility index (Phi) is 4.09. The van der Waals surface area contributed by atoms with E-state index in [0.717, 1.165) is 31.6 Å². The summed E-state index contributed by atoms with van der Waals surface area (Å²) in [5.74, 6) is 0.620. The third kappa shape index (κ3) is 3.19. The maximum Gasteiger partial charge on any atom is 0.254 e. The predicted molar refractivity (Wildman–Crippen MR) is 91.9 cm³/mol. The molecule has 1 N–H and O–H groups in total. The van der Waals surface area contributed by atoms with Crippen LogP contribution >= 0.6 is 0 Å². The number of hydrogen-bond donors (Lipinski definition) is 1. The second-order valence-electron chi connectivity index (χ2n) is 7.03. The predicted octanol–water partition coefficient (Wildman–Crippen LogP) is 0.833. The van der Waals surface area contributed by atoms with Gasteiger partial charge in [0.2, 0.25) is 0 Å². The number of aryl methyl sites for hydroxylation is 3. The van der Waals surface area contributed by atoms with Crippen LogP contribution in [-0.2, 0) is 30.2 Å². The van der Waals surface area contributed by atoms with Crippen LogP contribution in [0.1, 0.15) is 24.1 Å². The van der Waals surface area contributed by atoms with E-state index in [-0.39, 0.29) is 12.0 Å². The first-order valence-corrected chi connectivity index (χ1v) is 8.68. The molecule has 8 heteroatoms. The Hall–Kier alpha value is -2.19. The molecule has 8 nitrogen and oxygen atoms in total. The molecule has 4 heterocycles. The van der Waals surface area contributed by atoms with Gasteiger partial charge in [0.15, 0.2) is 0 Å². The van der Waals surface area contributed by atoms with E-state index in [4.69, 9.17) is 4.74 Å². The average molecular weight is 344 g/mol. The van der Waals surface area contributed by atoms with Crippen molar-refractivity contribution in [1.29, 1.82) is 0 Å². The van der Waals surface area contributed by atoms with Gasteiger partial charge in [-0.15, -0.1) is 0 Å². The first-order valence-electron chi connectivity index (χ1n) is 8.68. The lowest BCUT2D eigenvalue weighted by Crippen LogP contribution is -2.33. The highest BCUT2D eigenvalue weighted by molar-refractivity contribution is 5.93. The van der Waals surface area contributed by atoms with Crippen molar-refractivity contribution in [2.75, 3.05) is 11.9 Å². The van der Waals surface area contributed by atoms with Crippen molar-refractivity contribution < 1.29 is 9.53 Å². The quantitative estimate of drug-likeness (QED) is 0.889. The summed E-state index contributed by atoms with van der Waals surface area (Å²) in [5, 5.41) is 11.4. The van der Waals surface area contributed by atoms with Crippen LogP contribution in [0.2, 0.25) is 0 Å². The van der Waals surface area contributed by atoms with E-state index < -0.39 is 6.10 Å². The Morgan fingerprint density at radius 3 is 2.96 bits per heavy atom. The lowest BCUT2D eigenvalue weighted by molar-refractivity contribution is -0.126. The van der Waals surface area contributed by atoms with Crippen molar-refractivity contribution in [2.24, 2.45) is 14.1 Å². The second kappa shape index (κ2) is 6.27. The fourth-order valence-corrected chi connectivity index (χ4v) is 3.92. The largest absolute Gasteiger partial charge is 0.363 e. The zero-order valence-corrected chi connectivity index (χ0v) is 14.8. The van der Waals surface area contributed by atoms with Crippen molar-refractivity contribution >= 4 is 11.7 Å². The van der Waals surface area contributed by atoms with Crippen LogP contribution in [0.15, 0.2) is 18.5 Å². The number of rotatable bonds is 4. The van der Waals surface area contributed by atoms with Crippen molar-refractivity contribution in [3.8, 4) is 0 Å². The summed E-state index contributed by atoms with van der Waals surface area (Å²) in [5.41, 5.74) is 2.08. The van der Waals surface area contributed by atoms with E-state index in [1.54, 1.807) is 4.68 Å². The van der Waals surface area contributed by atoms with Gasteiger partial charge in [-0.3, -0.25) is 19.1 Å². The monoisotopic (exact) mass is 344 g/mol. The van der Waals surface area contributed by atoms with E-state index in [2.05, 4.69) is 20.4 Å². The molecule has 2 aromatic rings. The number of amides is 1. The van der Waals surface area contributed by atoms with Gasteiger partial charge in [-0.25, -0.2) is 0 Å². The van der Waals surface area contributed by atoms with E-state index in [1.807, 2.05) is 44.2 Å². The van der Waals surface area contributed by atoms with Gasteiger partial charge in [0, 0.05) is 57.5 Å². The topological polar surface area (TPSA) is 77.2 Å². The third-order valence-corrected chi connectivity index (χ3v) is 5.08. The number of likely N-dealkylation sites (tertiary alicyclic amines) is 1. The zero-order chi connectivity index (χ0) is 17.6. The maximum atomic E-state index is 12.6. The van der Waals surface area contributed by atoms with Gasteiger partial charge in [-0.05, 0) is 13.3 Å². The van der Waals surface area contributed by atoms with Crippen LogP contribution in [0, 0.1) is 6.92 Å². The van der Waals surface area contributed by atoms with Gasteiger partial charge in [0.1, 0.15) is 11.9 Å². The lowest BCUT2D eigenvalue weighted by Gasteiger charge is -2.21. The Balaban J connectivity index is 1.38. The summed E-state index contributed by atoms with van der Waals surface area (Å²) in [6, 6.07) is 2.16. The number of fused-ring (bicyclic) bond motifs is 1. The number of carbonyl (C=O) groups excluding carboxylic acids is 1. The molecule has 3 atom stereocenters. The Bertz CT molecular complexity index is 782. The first kappa shape index (κ1) is 16.3. The molecule has 134 valence electrons. The molecule has 0 aliphatic carbocycles. The Morgan fingerprint density at radius 1 is 1.44 bits per heavy atom. The Morgan fingerprint density at radius 2 is 2.28 bits per heavy atom. The second-order valence-corrected chi connectivity index (χ2v) is 7.03. The number of nitrogens with one attached hydrogen (secondary N) is 1. The smallest absolute Gasteiger partial charge is 0.254 e. The molecule has 0 spiro atoms. The molecule has 2 aromatic heterocycles. The number of aromatic nitrogens is 4. The highest BCUT2D eigenvalue weighted by Crippen LogP contribution is 2.34. The zero-order valence-electron chi connectivity index (χ0n) is 14.8. The van der Waals surface area contributed by atoms with Gasteiger partial charge >= 0.3 is 0 Å². The maximum absolute atomic E-state index is 12.6. The molecule has 0 saturated carbocycles. The molecule has 2 saturated heterocycles. The van der Waals surface area contributed by atoms with Crippen molar-refractivity contribution in [3.63, 3.8) is 0 Å². The summed E-state index contributed by atoms with van der Waals surface area (Å²) in [4.78, 5) is 15.0. The van der Waals surface area contributed by atoms with Gasteiger partial charge in [-0.1, -0.05) is 0 Å². The normalized spacial score (nSPS) is 26.1. The fraction of sp³-hybridized carbons (Fsp3) is 0.588. The molecule has 0 unspecified atom stereocenters. The van der Waals surface area contributed by atoms with E-state index in [0.29, 0.717) is 11.9 Å². The summed E-state index contributed by atoms with van der Waals surface area (Å²) in [6.45, 7) is 3.76. The highest BCUT2D eigenvalue weighted by atomic mass is 16.5. The molecular formula is C17H24N6O2. The summed E-state index contributed by atoms with van der Waals surface area (Å²) >= 11 is 0. The summed E-state index contributed by atoms with van der Waals surface area (Å²) in [7, 11) is 3.75. The van der Waals surface area contributed by atoms with Gasteiger partial charge in [0.25, 0.3) is 5.91 Å². The van der Waals surface area contributed by atoms with Crippen LogP contribution < -0.4 is 5.32 Å². The Labute approximate surface area is 146 Å². The molecule has 1 amide bonds. The molecule has 2 aliphatic rings. The molecule has 25 heavy (non-hydrogen) atoms. The summed E-state index contributed by atoms with van der Waals surface area (Å²) < 4.78 is 9.53. The standard InChI is InChI=1S/C17H24N6O2/c1-11-6-16(22(3)20-11)19-17(24)15-7-13-14(25-15)4-5-23(13)10-12-8-18-21(2)9-12/h6,8-9,13-15H,4-5,7,10H2,1-3H3,(H,19,24)/t13-,14-,15+/m1/s1. The van der Waals surface area contributed by atoms with Crippen LogP contribution in [0.4, 0.5) is 5.82 Å². The first-order chi connectivity index (χ1) is 12.0. The van der Waals surface area contributed by atoms with Gasteiger partial charge in [0.05, 0.1) is 18.0 Å². The average Bonchev–Trinajstić information content (AvgIpc) is 3.28. The molecule has 0 radical (unpaired) electrons. The van der Waals surface area contributed by atoms with Crippen LogP contribution in [-0.4, -0.2) is 55.2 Å². The number of anilines is 1. The lowest BCUT2D eigenvalue weighted by atomic mass is 10.1. The van der Waals surface area contributed by atoms with Crippen LogP contribution in [0.5, 0.6) is 0 Å². The molecular weight excluding hydrogens is 320 g/mol. The summed E-state index contributed by atoms with van der Waals surface area (Å²) in [6.07, 6.45) is 5.38. The number of ether oxygens (including phenoxy) is 1. The van der Waals surface area contributed by atoms with Gasteiger partial charge < -0.3 is 10.1 Å². The minimum atomic E-state index is -0.401. The fourth-order valence-electron chi connectivity index (χ4n) is 3.92. The molecule has 0 bridgehead atoms. The van der Waals surface area contributed by atoms with Gasteiger partial charge in [-0.2, -0.15) is 10.2 Å². The molecule has 2 fully saturated rings. The minimum absolute atomic E-state index is 0.0845. The van der Waals surface area contributed by atoms with E-state index in [1.165, 1.54) is 5.56 Å². The number of carbonyl (C=O) groups is 1.